The number of rotatable bonds is 7. The molecule has 27 heavy (non-hydrogen) atoms. The van der Waals surface area contributed by atoms with Gasteiger partial charge in [0.1, 0.15) is 5.82 Å². The van der Waals surface area contributed by atoms with Crippen molar-refractivity contribution in [2.24, 2.45) is 0 Å². The molecule has 0 spiro atoms. The van der Waals surface area contributed by atoms with E-state index in [1.54, 1.807) is 6.07 Å². The summed E-state index contributed by atoms with van der Waals surface area (Å²) < 4.78 is 6.22. The van der Waals surface area contributed by atoms with Gasteiger partial charge in [0.15, 0.2) is 8.32 Å². The summed E-state index contributed by atoms with van der Waals surface area (Å²) in [6.07, 6.45) is 1.45. The van der Waals surface area contributed by atoms with Crippen molar-refractivity contribution in [1.29, 1.82) is 0 Å². The lowest BCUT2D eigenvalue weighted by Crippen LogP contribution is -2.41. The summed E-state index contributed by atoms with van der Waals surface area (Å²) in [7, 11) is -1.79. The molecule has 0 bridgehead atoms. The van der Waals surface area contributed by atoms with Crippen molar-refractivity contribution in [3.8, 4) is 0 Å². The molecule has 0 unspecified atom stereocenters. The van der Waals surface area contributed by atoms with Crippen LogP contribution in [0, 0.1) is 0 Å². The van der Waals surface area contributed by atoms with Gasteiger partial charge in [0.2, 0.25) is 0 Å². The largest absolute Gasteiger partial charge is 0.416 e. The number of benzene rings is 1. The van der Waals surface area contributed by atoms with E-state index in [2.05, 4.69) is 50.8 Å². The van der Waals surface area contributed by atoms with Gasteiger partial charge in [-0.05, 0) is 42.2 Å². The van der Waals surface area contributed by atoms with Crippen LogP contribution in [0.2, 0.25) is 23.2 Å². The Morgan fingerprint density at radius 2 is 1.85 bits per heavy atom. The van der Waals surface area contributed by atoms with Crippen LogP contribution in [0.4, 0.5) is 0 Å². The molecule has 0 radical (unpaired) electrons. The number of hydrogen-bond donors (Lipinski definition) is 1. The molecule has 2 rings (SSSR count). The van der Waals surface area contributed by atoms with Crippen molar-refractivity contribution in [2.75, 3.05) is 6.61 Å². The Balaban J connectivity index is 2.04. The van der Waals surface area contributed by atoms with Crippen LogP contribution in [-0.2, 0) is 17.3 Å². The fraction of sp³-hybridized carbons (Fsp3) is 0.524. The fourth-order valence-corrected chi connectivity index (χ4v) is 3.76. The van der Waals surface area contributed by atoms with E-state index in [1.807, 2.05) is 24.3 Å². The molecular formula is C21H31ClN2O2Si. The number of aromatic nitrogens is 2. The topological polar surface area (TPSA) is 55.0 Å². The zero-order valence-corrected chi connectivity index (χ0v) is 19.0. The third kappa shape index (κ3) is 6.30. The van der Waals surface area contributed by atoms with Crippen LogP contribution in [-0.4, -0.2) is 24.9 Å². The predicted octanol–water partition coefficient (Wildman–Crippen LogP) is 5.33. The van der Waals surface area contributed by atoms with Gasteiger partial charge in [-0.25, -0.2) is 4.98 Å². The van der Waals surface area contributed by atoms with Crippen LogP contribution in [0.5, 0.6) is 0 Å². The van der Waals surface area contributed by atoms with Gasteiger partial charge in [-0.1, -0.05) is 51.4 Å². The maximum atomic E-state index is 12.1. The van der Waals surface area contributed by atoms with Crippen LogP contribution in [0.3, 0.4) is 0 Å². The standard InChI is InChI=1S/C21H31ClN2O2Si/c1-15(13-16-7-9-17(22)10-8-16)20-23-18(14-19(25)24-20)11-12-26-27(5,6)21(2,3)4/h7-10,14-15H,11-13H2,1-6H3,(H,23,24,25)/t15-/m0/s1. The van der Waals surface area contributed by atoms with Crippen LogP contribution in [0.15, 0.2) is 35.1 Å². The highest BCUT2D eigenvalue weighted by molar-refractivity contribution is 6.74. The number of halogens is 1. The number of nitrogens with zero attached hydrogens (tertiary/aromatic N) is 1. The monoisotopic (exact) mass is 406 g/mol. The first-order valence-corrected chi connectivity index (χ1v) is 12.7. The number of hydrogen-bond acceptors (Lipinski definition) is 3. The van der Waals surface area contributed by atoms with Gasteiger partial charge >= 0.3 is 0 Å². The molecule has 0 aliphatic heterocycles. The van der Waals surface area contributed by atoms with Crippen molar-refractivity contribution < 1.29 is 4.43 Å². The second kappa shape index (κ2) is 8.72. The molecule has 1 heterocycles. The van der Waals surface area contributed by atoms with E-state index in [1.165, 1.54) is 5.56 Å². The molecule has 148 valence electrons. The van der Waals surface area contributed by atoms with E-state index in [9.17, 15) is 4.79 Å². The van der Waals surface area contributed by atoms with Gasteiger partial charge in [-0.3, -0.25) is 4.79 Å². The SMILES string of the molecule is C[C@@H](Cc1ccc(Cl)cc1)c1nc(CCO[Si](C)(C)C(C)(C)C)cc(=O)[nH]1. The van der Waals surface area contributed by atoms with Gasteiger partial charge in [-0.15, -0.1) is 0 Å². The van der Waals surface area contributed by atoms with Gasteiger partial charge in [0.05, 0.1) is 5.69 Å². The van der Waals surface area contributed by atoms with Crippen LogP contribution in [0.25, 0.3) is 0 Å². The second-order valence-corrected chi connectivity index (χ2v) is 14.0. The lowest BCUT2D eigenvalue weighted by Gasteiger charge is -2.36. The number of aromatic amines is 1. The van der Waals surface area contributed by atoms with E-state index in [4.69, 9.17) is 16.0 Å². The van der Waals surface area contributed by atoms with E-state index in [-0.39, 0.29) is 16.5 Å². The van der Waals surface area contributed by atoms with Crippen LogP contribution >= 0.6 is 11.6 Å². The Bertz CT molecular complexity index is 810. The normalized spacial score (nSPS) is 13.6. The fourth-order valence-electron chi connectivity index (χ4n) is 2.59. The molecule has 1 aromatic heterocycles. The van der Waals surface area contributed by atoms with Crippen LogP contribution < -0.4 is 5.56 Å². The number of H-pyrrole nitrogens is 1. The molecule has 0 saturated heterocycles. The summed E-state index contributed by atoms with van der Waals surface area (Å²) >= 11 is 5.95. The van der Waals surface area contributed by atoms with Crippen molar-refractivity contribution >= 4 is 19.9 Å². The highest BCUT2D eigenvalue weighted by Crippen LogP contribution is 2.36. The Morgan fingerprint density at radius 3 is 2.44 bits per heavy atom. The summed E-state index contributed by atoms with van der Waals surface area (Å²) in [5.74, 6) is 0.833. The molecule has 0 saturated carbocycles. The average molecular weight is 407 g/mol. The maximum Gasteiger partial charge on any atom is 0.251 e. The number of nitrogens with one attached hydrogen (secondary N) is 1. The van der Waals surface area contributed by atoms with Gasteiger partial charge in [-0.2, -0.15) is 0 Å². The first-order valence-electron chi connectivity index (χ1n) is 9.46. The summed E-state index contributed by atoms with van der Waals surface area (Å²) in [6, 6.07) is 9.36. The van der Waals surface area contributed by atoms with Crippen molar-refractivity contribution in [2.45, 2.75) is 64.6 Å². The highest BCUT2D eigenvalue weighted by atomic mass is 35.5. The van der Waals surface area contributed by atoms with E-state index in [0.29, 0.717) is 13.0 Å². The molecule has 2 aromatic rings. The third-order valence-corrected chi connectivity index (χ3v) is 10.2. The lowest BCUT2D eigenvalue weighted by molar-refractivity contribution is 0.290. The molecule has 0 amide bonds. The van der Waals surface area contributed by atoms with E-state index < -0.39 is 8.32 Å². The summed E-state index contributed by atoms with van der Waals surface area (Å²) in [5, 5.41) is 0.897. The first kappa shape index (κ1) is 21.9. The smallest absolute Gasteiger partial charge is 0.251 e. The average Bonchev–Trinajstić information content (AvgIpc) is 2.55. The molecule has 1 aromatic carbocycles. The Hall–Kier alpha value is -1.43. The van der Waals surface area contributed by atoms with E-state index >= 15 is 0 Å². The lowest BCUT2D eigenvalue weighted by atomic mass is 10.0. The summed E-state index contributed by atoms with van der Waals surface area (Å²) in [5.41, 5.74) is 1.85. The summed E-state index contributed by atoms with van der Waals surface area (Å²) in [4.78, 5) is 19.7. The molecule has 4 nitrogen and oxygen atoms in total. The Kier molecular flexibility index (Phi) is 7.06. The van der Waals surface area contributed by atoms with Crippen molar-refractivity contribution in [3.05, 3.63) is 62.8 Å². The van der Waals surface area contributed by atoms with Gasteiger partial charge in [0, 0.05) is 30.0 Å². The van der Waals surface area contributed by atoms with Crippen molar-refractivity contribution in [3.63, 3.8) is 0 Å². The predicted molar refractivity (Wildman–Crippen MR) is 115 cm³/mol. The third-order valence-electron chi connectivity index (χ3n) is 5.36. The van der Waals surface area contributed by atoms with Gasteiger partial charge in [0.25, 0.3) is 5.56 Å². The minimum absolute atomic E-state index is 0.106. The molecule has 0 fully saturated rings. The minimum atomic E-state index is -1.79. The minimum Gasteiger partial charge on any atom is -0.416 e. The van der Waals surface area contributed by atoms with Crippen molar-refractivity contribution in [1.82, 2.24) is 9.97 Å². The molecule has 1 N–H and O–H groups in total. The highest BCUT2D eigenvalue weighted by Gasteiger charge is 2.36. The molecule has 0 aliphatic carbocycles. The molecular weight excluding hydrogens is 376 g/mol. The Labute approximate surface area is 168 Å². The maximum absolute atomic E-state index is 12.1. The van der Waals surface area contributed by atoms with Gasteiger partial charge < -0.3 is 9.41 Å². The molecule has 0 aliphatic rings. The Morgan fingerprint density at radius 1 is 1.22 bits per heavy atom. The second-order valence-electron chi connectivity index (χ2n) is 8.71. The summed E-state index contributed by atoms with van der Waals surface area (Å²) in [6.45, 7) is 13.8. The zero-order valence-electron chi connectivity index (χ0n) is 17.2. The molecule has 1 atom stereocenters. The molecule has 6 heteroatoms. The van der Waals surface area contributed by atoms with Crippen LogP contribution in [0.1, 0.15) is 50.7 Å². The quantitative estimate of drug-likeness (QED) is 0.632. The van der Waals surface area contributed by atoms with E-state index in [0.717, 1.165) is 23.0 Å². The first-order chi connectivity index (χ1) is 12.5. The zero-order chi connectivity index (χ0) is 20.2.